The number of thiazole rings is 1. The number of aromatic nitrogens is 1. The number of carbonyl (C=O) groups is 1. The molecule has 2 N–H and O–H groups in total. The zero-order valence-corrected chi connectivity index (χ0v) is 12.5. The molecular formula is C13H16N2O3S2. The van der Waals surface area contributed by atoms with Gasteiger partial charge in [-0.1, -0.05) is 6.07 Å². The Kier molecular flexibility index (Phi) is 5.66. The van der Waals surface area contributed by atoms with Crippen LogP contribution in [-0.4, -0.2) is 52.3 Å². The summed E-state index contributed by atoms with van der Waals surface area (Å²) in [6.07, 6.45) is 2.08. The summed E-state index contributed by atoms with van der Waals surface area (Å²) in [5.41, 5.74) is 0. The third-order valence-electron chi connectivity index (χ3n) is 2.69. The second kappa shape index (κ2) is 7.49. The summed E-state index contributed by atoms with van der Waals surface area (Å²) in [5, 5.41) is 20.7. The molecule has 0 aliphatic carbocycles. The molecule has 0 saturated carbocycles. The van der Waals surface area contributed by atoms with Crippen LogP contribution in [0.1, 0.15) is 16.1 Å². The Balaban J connectivity index is 2.10. The van der Waals surface area contributed by atoms with Crippen LogP contribution < -0.4 is 0 Å². The van der Waals surface area contributed by atoms with Crippen molar-refractivity contribution in [3.8, 4) is 9.88 Å². The third-order valence-corrected chi connectivity index (χ3v) is 4.72. The lowest BCUT2D eigenvalue weighted by Crippen LogP contribution is -2.34. The number of aliphatic hydroxyl groups is 2. The minimum atomic E-state index is -0.146. The van der Waals surface area contributed by atoms with Crippen molar-refractivity contribution >= 4 is 28.6 Å². The van der Waals surface area contributed by atoms with Gasteiger partial charge in [0.05, 0.1) is 17.7 Å². The van der Waals surface area contributed by atoms with Crippen molar-refractivity contribution in [2.75, 3.05) is 26.3 Å². The first kappa shape index (κ1) is 15.1. The molecule has 0 bridgehead atoms. The first-order valence-electron chi connectivity index (χ1n) is 6.27. The van der Waals surface area contributed by atoms with Crippen LogP contribution in [0.5, 0.6) is 0 Å². The molecule has 20 heavy (non-hydrogen) atoms. The number of hydrogen-bond donors (Lipinski definition) is 2. The number of amides is 1. The molecule has 2 heterocycles. The second-order valence-electron chi connectivity index (χ2n) is 4.10. The van der Waals surface area contributed by atoms with E-state index in [1.54, 1.807) is 22.4 Å². The fourth-order valence-corrected chi connectivity index (χ4v) is 3.43. The van der Waals surface area contributed by atoms with Gasteiger partial charge in [-0.05, 0) is 17.9 Å². The summed E-state index contributed by atoms with van der Waals surface area (Å²) in [6, 6.07) is 3.91. The lowest BCUT2D eigenvalue weighted by atomic mass is 10.3. The molecule has 0 atom stereocenters. The molecule has 1 amide bonds. The normalized spacial score (nSPS) is 10.7. The number of rotatable bonds is 7. The summed E-state index contributed by atoms with van der Waals surface area (Å²) in [5.74, 6) is -0.146. The molecule has 0 aliphatic rings. The average Bonchev–Trinajstić information content (AvgIpc) is 3.12. The van der Waals surface area contributed by atoms with Gasteiger partial charge in [0, 0.05) is 19.7 Å². The fourth-order valence-electron chi connectivity index (χ4n) is 1.74. The predicted octanol–water partition coefficient (Wildman–Crippen LogP) is 1.69. The van der Waals surface area contributed by atoms with Crippen LogP contribution in [0, 0.1) is 0 Å². The molecule has 5 nitrogen and oxygen atoms in total. The van der Waals surface area contributed by atoms with Crippen molar-refractivity contribution in [2.24, 2.45) is 0 Å². The Morgan fingerprint density at radius 2 is 2.15 bits per heavy atom. The molecule has 2 aromatic heterocycles. The SMILES string of the molecule is O=C(c1cnc(-c2cccs2)s1)N(CCO)CCCO. The van der Waals surface area contributed by atoms with Gasteiger partial charge in [0.15, 0.2) is 0 Å². The summed E-state index contributed by atoms with van der Waals surface area (Å²) < 4.78 is 0. The van der Waals surface area contributed by atoms with E-state index in [1.807, 2.05) is 17.5 Å². The van der Waals surface area contributed by atoms with Crippen LogP contribution in [0.25, 0.3) is 9.88 Å². The first-order valence-corrected chi connectivity index (χ1v) is 7.96. The highest BCUT2D eigenvalue weighted by Gasteiger charge is 2.18. The maximum absolute atomic E-state index is 12.3. The molecule has 2 rings (SSSR count). The number of hydrogen-bond acceptors (Lipinski definition) is 6. The van der Waals surface area contributed by atoms with Crippen molar-refractivity contribution in [1.82, 2.24) is 9.88 Å². The Bertz CT molecular complexity index is 540. The summed E-state index contributed by atoms with van der Waals surface area (Å²) in [4.78, 5) is 19.7. The lowest BCUT2D eigenvalue weighted by Gasteiger charge is -2.20. The smallest absolute Gasteiger partial charge is 0.265 e. The molecule has 2 aromatic rings. The van der Waals surface area contributed by atoms with Crippen molar-refractivity contribution < 1.29 is 15.0 Å². The van der Waals surface area contributed by atoms with Gasteiger partial charge in [-0.25, -0.2) is 4.98 Å². The monoisotopic (exact) mass is 312 g/mol. The summed E-state index contributed by atoms with van der Waals surface area (Å²) in [7, 11) is 0. The number of thiophene rings is 1. The van der Waals surface area contributed by atoms with Gasteiger partial charge in [0.1, 0.15) is 9.88 Å². The number of carbonyl (C=O) groups excluding carboxylic acids is 1. The largest absolute Gasteiger partial charge is 0.396 e. The molecule has 0 unspecified atom stereocenters. The van der Waals surface area contributed by atoms with Crippen molar-refractivity contribution in [2.45, 2.75) is 6.42 Å². The molecule has 0 aliphatic heterocycles. The molecular weight excluding hydrogens is 296 g/mol. The molecule has 0 fully saturated rings. The van der Waals surface area contributed by atoms with Gasteiger partial charge in [0.25, 0.3) is 5.91 Å². The van der Waals surface area contributed by atoms with E-state index in [1.165, 1.54) is 11.3 Å². The average molecular weight is 312 g/mol. The van der Waals surface area contributed by atoms with E-state index in [4.69, 9.17) is 10.2 Å². The van der Waals surface area contributed by atoms with Gasteiger partial charge in [0.2, 0.25) is 0 Å². The molecule has 0 aromatic carbocycles. The van der Waals surface area contributed by atoms with E-state index in [0.717, 1.165) is 9.88 Å². The highest BCUT2D eigenvalue weighted by atomic mass is 32.1. The van der Waals surface area contributed by atoms with Crippen molar-refractivity contribution in [3.63, 3.8) is 0 Å². The second-order valence-corrected chi connectivity index (χ2v) is 6.08. The number of nitrogens with zero attached hydrogens (tertiary/aromatic N) is 2. The minimum Gasteiger partial charge on any atom is -0.396 e. The van der Waals surface area contributed by atoms with E-state index in [0.29, 0.717) is 17.8 Å². The maximum Gasteiger partial charge on any atom is 0.265 e. The van der Waals surface area contributed by atoms with Gasteiger partial charge in [-0.2, -0.15) is 0 Å². The standard InChI is InChI=1S/C13H16N2O3S2/c16-6-2-4-15(5-7-17)13(18)11-9-14-12(20-11)10-3-1-8-19-10/h1,3,8-9,16-17H,2,4-7H2. The zero-order valence-electron chi connectivity index (χ0n) is 10.9. The Labute approximate surface area is 125 Å². The van der Waals surface area contributed by atoms with Crippen LogP contribution in [0.4, 0.5) is 0 Å². The van der Waals surface area contributed by atoms with Crippen LogP contribution in [0.15, 0.2) is 23.7 Å². The van der Waals surface area contributed by atoms with E-state index in [-0.39, 0.29) is 25.7 Å². The topological polar surface area (TPSA) is 73.7 Å². The number of aliphatic hydroxyl groups excluding tert-OH is 2. The predicted molar refractivity (Wildman–Crippen MR) is 80.1 cm³/mol. The van der Waals surface area contributed by atoms with E-state index < -0.39 is 0 Å². The quantitative estimate of drug-likeness (QED) is 0.816. The molecule has 108 valence electrons. The van der Waals surface area contributed by atoms with Crippen LogP contribution in [-0.2, 0) is 0 Å². The molecule has 7 heteroatoms. The van der Waals surface area contributed by atoms with Gasteiger partial charge < -0.3 is 15.1 Å². The molecule has 0 saturated heterocycles. The molecule has 0 radical (unpaired) electrons. The Hall–Kier alpha value is -1.28. The van der Waals surface area contributed by atoms with E-state index in [2.05, 4.69) is 4.98 Å². The first-order chi connectivity index (χ1) is 9.76. The maximum atomic E-state index is 12.3. The van der Waals surface area contributed by atoms with Crippen LogP contribution in [0.2, 0.25) is 0 Å². The van der Waals surface area contributed by atoms with Gasteiger partial charge in [-0.3, -0.25) is 4.79 Å². The van der Waals surface area contributed by atoms with Gasteiger partial charge in [-0.15, -0.1) is 22.7 Å². The Morgan fingerprint density at radius 3 is 2.80 bits per heavy atom. The van der Waals surface area contributed by atoms with Gasteiger partial charge >= 0.3 is 0 Å². The zero-order chi connectivity index (χ0) is 14.4. The lowest BCUT2D eigenvalue weighted by molar-refractivity contribution is 0.0714. The minimum absolute atomic E-state index is 0.0261. The summed E-state index contributed by atoms with van der Waals surface area (Å²) in [6.45, 7) is 0.638. The van der Waals surface area contributed by atoms with Crippen molar-refractivity contribution in [1.29, 1.82) is 0 Å². The van der Waals surface area contributed by atoms with Crippen LogP contribution in [0.3, 0.4) is 0 Å². The summed E-state index contributed by atoms with van der Waals surface area (Å²) >= 11 is 2.93. The third kappa shape index (κ3) is 3.63. The molecule has 0 spiro atoms. The van der Waals surface area contributed by atoms with Crippen molar-refractivity contribution in [3.05, 3.63) is 28.6 Å². The van der Waals surface area contributed by atoms with E-state index >= 15 is 0 Å². The highest BCUT2D eigenvalue weighted by Crippen LogP contribution is 2.29. The fraction of sp³-hybridized carbons (Fsp3) is 0.385. The van der Waals surface area contributed by atoms with Crippen LogP contribution >= 0.6 is 22.7 Å². The Morgan fingerprint density at radius 1 is 1.30 bits per heavy atom. The van der Waals surface area contributed by atoms with E-state index in [9.17, 15) is 4.79 Å². The highest BCUT2D eigenvalue weighted by molar-refractivity contribution is 7.21.